The highest BCUT2D eigenvalue weighted by Gasteiger charge is 2.35. The van der Waals surface area contributed by atoms with E-state index in [4.69, 9.17) is 14.0 Å². The van der Waals surface area contributed by atoms with Crippen LogP contribution in [0.5, 0.6) is 5.75 Å². The van der Waals surface area contributed by atoms with Gasteiger partial charge in [-0.05, 0) is 37.1 Å². The van der Waals surface area contributed by atoms with Crippen LogP contribution in [-0.2, 0) is 9.53 Å². The number of fused-ring (bicyclic) bond motifs is 1. The molecule has 27 heavy (non-hydrogen) atoms. The van der Waals surface area contributed by atoms with Gasteiger partial charge >= 0.3 is 0 Å². The van der Waals surface area contributed by atoms with Gasteiger partial charge in [-0.25, -0.2) is 4.98 Å². The molecular weight excluding hydrogens is 348 g/mol. The van der Waals surface area contributed by atoms with Gasteiger partial charge in [-0.2, -0.15) is 4.98 Å². The largest absolute Gasteiger partial charge is 0.497 e. The average molecular weight is 368 g/mol. The van der Waals surface area contributed by atoms with Crippen LogP contribution in [0.2, 0.25) is 0 Å². The number of aromatic nitrogens is 3. The third-order valence-electron chi connectivity index (χ3n) is 4.58. The first-order valence-electron chi connectivity index (χ1n) is 8.70. The zero-order chi connectivity index (χ0) is 19.0. The number of hydrogen-bond donors (Lipinski definition) is 0. The van der Waals surface area contributed by atoms with Gasteiger partial charge < -0.3 is 18.9 Å². The normalized spacial score (nSPS) is 19.4. The SMILES string of the molecule is COc1ccc2nc(-c3noc([C@@H]4CC[C@H](C(=O)N(C)C)O4)n3)ccc2c1. The maximum absolute atomic E-state index is 12.0. The molecule has 2 aromatic heterocycles. The lowest BCUT2D eigenvalue weighted by Gasteiger charge is -2.15. The first kappa shape index (κ1) is 17.4. The fourth-order valence-electron chi connectivity index (χ4n) is 3.11. The number of rotatable bonds is 4. The van der Waals surface area contributed by atoms with Gasteiger partial charge in [0, 0.05) is 19.5 Å². The molecule has 1 amide bonds. The Bertz CT molecular complexity index is 985. The summed E-state index contributed by atoms with van der Waals surface area (Å²) >= 11 is 0. The van der Waals surface area contributed by atoms with E-state index < -0.39 is 6.10 Å². The van der Waals surface area contributed by atoms with E-state index in [-0.39, 0.29) is 12.0 Å². The third-order valence-corrected chi connectivity index (χ3v) is 4.58. The van der Waals surface area contributed by atoms with Crippen LogP contribution in [0.1, 0.15) is 24.8 Å². The Morgan fingerprint density at radius 3 is 2.81 bits per heavy atom. The highest BCUT2D eigenvalue weighted by Crippen LogP contribution is 2.33. The summed E-state index contributed by atoms with van der Waals surface area (Å²) in [7, 11) is 5.06. The summed E-state index contributed by atoms with van der Waals surface area (Å²) < 4.78 is 16.4. The second-order valence-corrected chi connectivity index (χ2v) is 6.63. The summed E-state index contributed by atoms with van der Waals surface area (Å²) in [5, 5.41) is 4.99. The molecular formula is C19H20N4O4. The number of ether oxygens (including phenoxy) is 2. The van der Waals surface area contributed by atoms with Gasteiger partial charge in [-0.15, -0.1) is 0 Å². The van der Waals surface area contributed by atoms with E-state index in [1.54, 1.807) is 21.2 Å². The molecule has 140 valence electrons. The van der Waals surface area contributed by atoms with Crippen LogP contribution in [0, 0.1) is 0 Å². The highest BCUT2D eigenvalue weighted by molar-refractivity contribution is 5.82. The summed E-state index contributed by atoms with van der Waals surface area (Å²) in [6.07, 6.45) is 0.464. The van der Waals surface area contributed by atoms with E-state index in [1.165, 1.54) is 4.90 Å². The van der Waals surface area contributed by atoms with Crippen molar-refractivity contribution in [2.75, 3.05) is 21.2 Å². The average Bonchev–Trinajstić information content (AvgIpc) is 3.36. The molecule has 0 radical (unpaired) electrons. The fraction of sp³-hybridized carbons (Fsp3) is 0.368. The number of amides is 1. The van der Waals surface area contributed by atoms with Crippen LogP contribution >= 0.6 is 0 Å². The van der Waals surface area contributed by atoms with Crippen molar-refractivity contribution < 1.29 is 18.8 Å². The van der Waals surface area contributed by atoms with E-state index in [9.17, 15) is 4.79 Å². The van der Waals surface area contributed by atoms with Gasteiger partial charge in [0.1, 0.15) is 23.7 Å². The standard InChI is InChI=1S/C19H20N4O4/c1-23(2)19(24)16-9-8-15(26-16)18-21-17(22-27-18)14-6-4-11-10-12(25-3)5-7-13(11)20-14/h4-7,10,15-16H,8-9H2,1-3H3/t15-,16+/m0/s1. The van der Waals surface area contributed by atoms with E-state index in [0.717, 1.165) is 16.7 Å². The molecule has 0 aliphatic carbocycles. The van der Waals surface area contributed by atoms with Crippen LogP contribution in [0.3, 0.4) is 0 Å². The molecule has 1 aliphatic heterocycles. The Morgan fingerprint density at radius 1 is 1.19 bits per heavy atom. The zero-order valence-electron chi connectivity index (χ0n) is 15.4. The summed E-state index contributed by atoms with van der Waals surface area (Å²) in [5.74, 6) is 1.49. The van der Waals surface area contributed by atoms with E-state index >= 15 is 0 Å². The second-order valence-electron chi connectivity index (χ2n) is 6.63. The number of carbonyl (C=O) groups excluding carboxylic acids is 1. The molecule has 1 fully saturated rings. The first-order valence-corrected chi connectivity index (χ1v) is 8.70. The lowest BCUT2D eigenvalue weighted by atomic mass is 10.2. The molecule has 0 spiro atoms. The van der Waals surface area contributed by atoms with Gasteiger partial charge in [0.25, 0.3) is 11.8 Å². The van der Waals surface area contributed by atoms with Crippen molar-refractivity contribution in [1.29, 1.82) is 0 Å². The van der Waals surface area contributed by atoms with E-state index in [0.29, 0.717) is 30.3 Å². The zero-order valence-corrected chi connectivity index (χ0v) is 15.4. The Morgan fingerprint density at radius 2 is 2.04 bits per heavy atom. The molecule has 4 rings (SSSR count). The van der Waals surface area contributed by atoms with Gasteiger partial charge in [0.2, 0.25) is 5.82 Å². The number of likely N-dealkylation sites (N-methyl/N-ethyl adjacent to an activating group) is 1. The van der Waals surface area contributed by atoms with E-state index in [1.807, 2.05) is 30.3 Å². The minimum atomic E-state index is -0.464. The van der Waals surface area contributed by atoms with Crippen LogP contribution in [0.4, 0.5) is 0 Å². The van der Waals surface area contributed by atoms with Crippen LogP contribution < -0.4 is 4.74 Å². The van der Waals surface area contributed by atoms with Crippen molar-refractivity contribution in [3.8, 4) is 17.3 Å². The number of carbonyl (C=O) groups is 1. The Hall–Kier alpha value is -3.00. The van der Waals surface area contributed by atoms with E-state index in [2.05, 4.69) is 15.1 Å². The quantitative estimate of drug-likeness (QED) is 0.699. The number of benzene rings is 1. The lowest BCUT2D eigenvalue weighted by Crippen LogP contribution is -2.33. The van der Waals surface area contributed by atoms with Gasteiger partial charge in [-0.1, -0.05) is 11.2 Å². The maximum atomic E-state index is 12.0. The lowest BCUT2D eigenvalue weighted by molar-refractivity contribution is -0.140. The monoisotopic (exact) mass is 368 g/mol. The minimum Gasteiger partial charge on any atom is -0.497 e. The van der Waals surface area contributed by atoms with Gasteiger partial charge in [-0.3, -0.25) is 4.79 Å². The molecule has 1 aliphatic rings. The summed E-state index contributed by atoms with van der Waals surface area (Å²) in [5.41, 5.74) is 1.43. The fourth-order valence-corrected chi connectivity index (χ4v) is 3.11. The van der Waals surface area contributed by atoms with Crippen molar-refractivity contribution in [2.45, 2.75) is 25.0 Å². The molecule has 0 saturated carbocycles. The van der Waals surface area contributed by atoms with Gasteiger partial charge in [0.05, 0.1) is 12.6 Å². The van der Waals surface area contributed by atoms with Crippen LogP contribution in [-0.4, -0.2) is 53.2 Å². The smallest absolute Gasteiger partial charge is 0.256 e. The van der Waals surface area contributed by atoms with Crippen molar-refractivity contribution in [1.82, 2.24) is 20.0 Å². The Kier molecular flexibility index (Phi) is 4.49. The van der Waals surface area contributed by atoms with Crippen molar-refractivity contribution in [3.05, 3.63) is 36.2 Å². The molecule has 0 bridgehead atoms. The molecule has 0 unspecified atom stereocenters. The third kappa shape index (κ3) is 3.35. The van der Waals surface area contributed by atoms with Gasteiger partial charge in [0.15, 0.2) is 0 Å². The molecule has 1 saturated heterocycles. The number of methoxy groups -OCH3 is 1. The number of pyridine rings is 1. The molecule has 0 N–H and O–H groups in total. The van der Waals surface area contributed by atoms with Crippen molar-refractivity contribution in [2.24, 2.45) is 0 Å². The van der Waals surface area contributed by atoms with Crippen LogP contribution in [0.15, 0.2) is 34.9 Å². The second kappa shape index (κ2) is 6.96. The molecule has 8 heteroatoms. The summed E-state index contributed by atoms with van der Waals surface area (Å²) in [4.78, 5) is 22.6. The predicted molar refractivity (Wildman–Crippen MR) is 97.1 cm³/mol. The van der Waals surface area contributed by atoms with Crippen molar-refractivity contribution >= 4 is 16.8 Å². The molecule has 2 atom stereocenters. The van der Waals surface area contributed by atoms with Crippen molar-refractivity contribution in [3.63, 3.8) is 0 Å². The number of nitrogens with zero attached hydrogens (tertiary/aromatic N) is 4. The Labute approximate surface area is 156 Å². The summed E-state index contributed by atoms with van der Waals surface area (Å²) in [6.45, 7) is 0. The highest BCUT2D eigenvalue weighted by atomic mass is 16.5. The molecule has 1 aromatic carbocycles. The Balaban J connectivity index is 1.54. The summed E-state index contributed by atoms with van der Waals surface area (Å²) in [6, 6.07) is 9.44. The minimum absolute atomic E-state index is 0.0520. The molecule has 3 aromatic rings. The predicted octanol–water partition coefficient (Wildman–Crippen LogP) is 2.60. The molecule has 8 nitrogen and oxygen atoms in total. The van der Waals surface area contributed by atoms with Crippen LogP contribution in [0.25, 0.3) is 22.4 Å². The molecule has 3 heterocycles. The topological polar surface area (TPSA) is 90.6 Å². The maximum Gasteiger partial charge on any atom is 0.256 e. The number of hydrogen-bond acceptors (Lipinski definition) is 7. The first-order chi connectivity index (χ1) is 13.0.